The van der Waals surface area contributed by atoms with Crippen LogP contribution in [0.5, 0.6) is 11.5 Å². The molecule has 0 unspecified atom stereocenters. The fourth-order valence-corrected chi connectivity index (χ4v) is 2.54. The number of hydrogen-bond donors (Lipinski definition) is 3. The lowest BCUT2D eigenvalue weighted by Gasteiger charge is -2.11. The Morgan fingerprint density at radius 1 is 1.18 bits per heavy atom. The molecule has 0 aliphatic carbocycles. The van der Waals surface area contributed by atoms with Crippen LogP contribution in [0.2, 0.25) is 5.02 Å². The summed E-state index contributed by atoms with van der Waals surface area (Å²) >= 11 is 11.0. The quantitative estimate of drug-likeness (QED) is 0.355. The summed E-state index contributed by atoms with van der Waals surface area (Å²) in [6.45, 7) is 2.65. The summed E-state index contributed by atoms with van der Waals surface area (Å²) in [6, 6.07) is 12.5. The van der Waals surface area contributed by atoms with Gasteiger partial charge < -0.3 is 14.8 Å². The Bertz CT molecular complexity index is 858. The number of carbonyl (C=O) groups is 1. The van der Waals surface area contributed by atoms with Gasteiger partial charge in [0.1, 0.15) is 0 Å². The van der Waals surface area contributed by atoms with Crippen LogP contribution in [0.4, 0.5) is 5.69 Å². The Hall–Kier alpha value is -2.77. The minimum absolute atomic E-state index is 0.239. The number of anilines is 1. The first-order valence-corrected chi connectivity index (χ1v) is 9.42. The monoisotopic (exact) mass is 419 g/mol. The van der Waals surface area contributed by atoms with E-state index < -0.39 is 0 Å². The first kappa shape index (κ1) is 21.5. The van der Waals surface area contributed by atoms with Crippen LogP contribution < -0.4 is 25.6 Å². The molecule has 0 bridgehead atoms. The van der Waals surface area contributed by atoms with Crippen molar-refractivity contribution in [3.8, 4) is 11.5 Å². The highest BCUT2D eigenvalue weighted by Crippen LogP contribution is 2.28. The van der Waals surface area contributed by atoms with Gasteiger partial charge in [-0.25, -0.2) is 0 Å². The summed E-state index contributed by atoms with van der Waals surface area (Å²) in [7, 11) is 1.58. The van der Waals surface area contributed by atoms with Crippen molar-refractivity contribution in [1.82, 2.24) is 10.9 Å². The zero-order valence-corrected chi connectivity index (χ0v) is 17.2. The van der Waals surface area contributed by atoms with Gasteiger partial charge in [-0.3, -0.25) is 15.6 Å². The number of hydrogen-bond acceptors (Lipinski definition) is 4. The fraction of sp³-hybridized carbons (Fsp3) is 0.200. The van der Waals surface area contributed by atoms with Crippen molar-refractivity contribution in [2.24, 2.45) is 0 Å². The zero-order chi connectivity index (χ0) is 20.4. The van der Waals surface area contributed by atoms with Gasteiger partial charge in [0, 0.05) is 16.8 Å². The van der Waals surface area contributed by atoms with E-state index in [9.17, 15) is 4.79 Å². The minimum atomic E-state index is -0.361. The van der Waals surface area contributed by atoms with Gasteiger partial charge in [-0.05, 0) is 60.6 Å². The average molecular weight is 420 g/mol. The van der Waals surface area contributed by atoms with E-state index in [1.807, 2.05) is 25.1 Å². The molecule has 0 heterocycles. The van der Waals surface area contributed by atoms with E-state index in [0.29, 0.717) is 28.8 Å². The predicted molar refractivity (Wildman–Crippen MR) is 117 cm³/mol. The molecule has 0 radical (unpaired) electrons. The van der Waals surface area contributed by atoms with Crippen LogP contribution in [0.15, 0.2) is 48.5 Å². The summed E-state index contributed by atoms with van der Waals surface area (Å²) in [4.78, 5) is 12.0. The van der Waals surface area contributed by atoms with Gasteiger partial charge in [-0.1, -0.05) is 30.7 Å². The third-order valence-electron chi connectivity index (χ3n) is 3.46. The molecule has 2 aromatic carbocycles. The molecular weight excluding hydrogens is 398 g/mol. The number of benzene rings is 2. The third-order valence-corrected chi connectivity index (χ3v) is 3.90. The summed E-state index contributed by atoms with van der Waals surface area (Å²) in [5, 5.41) is 3.74. The van der Waals surface area contributed by atoms with Crippen molar-refractivity contribution in [3.63, 3.8) is 0 Å². The molecule has 2 aromatic rings. The number of methoxy groups -OCH3 is 1. The van der Waals surface area contributed by atoms with E-state index in [1.54, 1.807) is 37.5 Å². The summed E-state index contributed by atoms with van der Waals surface area (Å²) in [5.74, 6) is 0.923. The maximum atomic E-state index is 12.0. The first-order chi connectivity index (χ1) is 13.5. The molecule has 0 saturated carbocycles. The van der Waals surface area contributed by atoms with Gasteiger partial charge in [0.15, 0.2) is 16.6 Å². The van der Waals surface area contributed by atoms with Crippen molar-refractivity contribution >= 4 is 46.6 Å². The summed E-state index contributed by atoms with van der Waals surface area (Å²) in [6.07, 6.45) is 3.96. The molecule has 28 heavy (non-hydrogen) atoms. The molecule has 0 saturated heterocycles. The van der Waals surface area contributed by atoms with E-state index in [0.717, 1.165) is 12.0 Å². The lowest BCUT2D eigenvalue weighted by Crippen LogP contribution is -2.43. The van der Waals surface area contributed by atoms with Gasteiger partial charge in [0.2, 0.25) is 0 Å². The van der Waals surface area contributed by atoms with E-state index >= 15 is 0 Å². The number of halogens is 1. The van der Waals surface area contributed by atoms with Crippen molar-refractivity contribution in [2.45, 2.75) is 13.3 Å². The second-order valence-electron chi connectivity index (χ2n) is 5.67. The molecular formula is C20H22ClN3O3S. The Labute approximate surface area is 174 Å². The molecule has 0 fully saturated rings. The van der Waals surface area contributed by atoms with Crippen LogP contribution in [-0.2, 0) is 4.79 Å². The first-order valence-electron chi connectivity index (χ1n) is 8.63. The van der Waals surface area contributed by atoms with Crippen molar-refractivity contribution in [3.05, 3.63) is 59.1 Å². The summed E-state index contributed by atoms with van der Waals surface area (Å²) in [5.41, 5.74) is 6.63. The van der Waals surface area contributed by atoms with Crippen molar-refractivity contribution in [1.29, 1.82) is 0 Å². The number of hydrazine groups is 1. The molecule has 1 amide bonds. The Balaban J connectivity index is 1.86. The van der Waals surface area contributed by atoms with E-state index in [4.69, 9.17) is 33.3 Å². The molecule has 8 heteroatoms. The molecule has 0 spiro atoms. The average Bonchev–Trinajstić information content (AvgIpc) is 2.69. The van der Waals surface area contributed by atoms with Crippen LogP contribution in [0.25, 0.3) is 6.08 Å². The molecule has 6 nitrogen and oxygen atoms in total. The lowest BCUT2D eigenvalue weighted by atomic mass is 10.2. The van der Waals surface area contributed by atoms with Crippen molar-refractivity contribution < 1.29 is 14.3 Å². The van der Waals surface area contributed by atoms with Gasteiger partial charge >= 0.3 is 0 Å². The number of nitrogens with one attached hydrogen (secondary N) is 3. The largest absolute Gasteiger partial charge is 0.493 e. The van der Waals surface area contributed by atoms with Gasteiger partial charge in [0.05, 0.1) is 13.7 Å². The highest BCUT2D eigenvalue weighted by molar-refractivity contribution is 7.80. The SMILES string of the molecule is CCCOc1ccc(/C=C/C(=O)NNC(=S)Nc2cccc(Cl)c2)cc1OC. The van der Waals surface area contributed by atoms with Gasteiger partial charge in [0.25, 0.3) is 5.91 Å². The second-order valence-corrected chi connectivity index (χ2v) is 6.52. The molecule has 2 rings (SSSR count). The molecule has 0 aromatic heterocycles. The smallest absolute Gasteiger partial charge is 0.262 e. The number of rotatable bonds is 7. The fourth-order valence-electron chi connectivity index (χ4n) is 2.18. The standard InChI is InChI=1S/C20H22ClN3O3S/c1-3-11-27-17-9-7-14(12-18(17)26-2)8-10-19(25)23-24-20(28)22-16-6-4-5-15(21)13-16/h4-10,12-13H,3,11H2,1-2H3,(H,23,25)(H2,22,24,28)/b10-8+. The van der Waals surface area contributed by atoms with Crippen LogP contribution in [0.1, 0.15) is 18.9 Å². The minimum Gasteiger partial charge on any atom is -0.493 e. The molecule has 148 valence electrons. The zero-order valence-electron chi connectivity index (χ0n) is 15.6. The molecule has 0 aliphatic heterocycles. The predicted octanol–water partition coefficient (Wildman–Crippen LogP) is 4.17. The molecule has 3 N–H and O–H groups in total. The third kappa shape index (κ3) is 7.09. The van der Waals surface area contributed by atoms with Crippen molar-refractivity contribution in [2.75, 3.05) is 19.0 Å². The van der Waals surface area contributed by atoms with Crippen LogP contribution in [0, 0.1) is 0 Å². The second kappa shape index (κ2) is 11.2. The van der Waals surface area contributed by atoms with Gasteiger partial charge in [-0.2, -0.15) is 0 Å². The summed E-state index contributed by atoms with van der Waals surface area (Å²) < 4.78 is 10.9. The number of ether oxygens (including phenoxy) is 2. The highest BCUT2D eigenvalue weighted by atomic mass is 35.5. The molecule has 0 atom stereocenters. The van der Waals surface area contributed by atoms with Crippen LogP contribution in [-0.4, -0.2) is 24.7 Å². The van der Waals surface area contributed by atoms with Gasteiger partial charge in [-0.15, -0.1) is 0 Å². The number of amides is 1. The number of carbonyl (C=O) groups excluding carboxylic acids is 1. The lowest BCUT2D eigenvalue weighted by molar-refractivity contribution is -0.116. The maximum absolute atomic E-state index is 12.0. The molecule has 0 aliphatic rings. The van der Waals surface area contributed by atoms with E-state index in [-0.39, 0.29) is 11.0 Å². The van der Waals surface area contributed by atoms with E-state index in [1.165, 1.54) is 6.08 Å². The Kier molecular flexibility index (Phi) is 8.58. The normalized spacial score (nSPS) is 10.4. The Morgan fingerprint density at radius 2 is 2.00 bits per heavy atom. The highest BCUT2D eigenvalue weighted by Gasteiger charge is 2.05. The maximum Gasteiger partial charge on any atom is 0.262 e. The number of thiocarbonyl (C=S) groups is 1. The van der Waals surface area contributed by atoms with Crippen LogP contribution in [0.3, 0.4) is 0 Å². The van der Waals surface area contributed by atoms with Crippen LogP contribution >= 0.6 is 23.8 Å². The topological polar surface area (TPSA) is 71.6 Å². The Morgan fingerprint density at radius 3 is 2.71 bits per heavy atom. The van der Waals surface area contributed by atoms with E-state index in [2.05, 4.69) is 16.2 Å².